The van der Waals surface area contributed by atoms with Crippen LogP contribution in [0.4, 0.5) is 0 Å². The molecule has 0 amide bonds. The van der Waals surface area contributed by atoms with Crippen LogP contribution in [0.1, 0.15) is 49.9 Å². The number of nitrogens with zero attached hydrogens (tertiary/aromatic N) is 4. The van der Waals surface area contributed by atoms with Crippen LogP contribution >= 0.6 is 0 Å². The van der Waals surface area contributed by atoms with E-state index in [2.05, 4.69) is 188 Å². The van der Waals surface area contributed by atoms with Crippen LogP contribution in [0.2, 0.25) is 0 Å². The monoisotopic (exact) mass is 718 g/mol. The third kappa shape index (κ3) is 4.03. The molecule has 2 aliphatic rings. The minimum atomic E-state index is -0.288. The van der Waals surface area contributed by atoms with Crippen LogP contribution in [0.25, 0.3) is 88.9 Å². The largest absolute Gasteiger partial charge is 0.309 e. The van der Waals surface area contributed by atoms with Gasteiger partial charge in [0.1, 0.15) is 0 Å². The van der Waals surface area contributed by atoms with E-state index in [1.807, 2.05) is 6.07 Å². The molecule has 2 aliphatic heterocycles. The molecule has 0 spiro atoms. The van der Waals surface area contributed by atoms with E-state index in [-0.39, 0.29) is 10.8 Å². The highest BCUT2D eigenvalue weighted by atomic mass is 15.0. The van der Waals surface area contributed by atoms with Gasteiger partial charge in [-0.25, -0.2) is 9.97 Å². The third-order valence-corrected chi connectivity index (χ3v) is 12.9. The molecule has 266 valence electrons. The Bertz CT molecular complexity index is 3230. The molecule has 0 radical (unpaired) electrons. The number of benzene rings is 7. The highest BCUT2D eigenvalue weighted by Crippen LogP contribution is 2.56. The van der Waals surface area contributed by atoms with Crippen LogP contribution in [-0.4, -0.2) is 19.1 Å². The highest BCUT2D eigenvalue weighted by Gasteiger charge is 2.42. The van der Waals surface area contributed by atoms with E-state index in [0.29, 0.717) is 0 Å². The van der Waals surface area contributed by atoms with E-state index < -0.39 is 0 Å². The molecule has 0 unspecified atom stereocenters. The first-order valence-corrected chi connectivity index (χ1v) is 19.6. The molecular formula is C52H38N4. The minimum Gasteiger partial charge on any atom is -0.309 e. The van der Waals surface area contributed by atoms with E-state index in [1.165, 1.54) is 77.2 Å². The van der Waals surface area contributed by atoms with Gasteiger partial charge in [-0.1, -0.05) is 149 Å². The standard InChI is InChI=1S/C52H38N4/c1-51(2)37-22-12-14-25-44(37)55-43-27-26-33(41-30-40(31-16-7-5-8-17-31)53-50(54-41)32-18-9-6-10-19-32)28-36(43)46-47-45(29-39(51)49(46)55)56-42-24-13-11-20-34(42)35-21-15-23-38(48(35)56)52(47,3)4/h5-30H,1-4H3. The first-order chi connectivity index (χ1) is 27.3. The average Bonchev–Trinajstić information content (AvgIpc) is 3.76. The first-order valence-electron chi connectivity index (χ1n) is 19.6. The van der Waals surface area contributed by atoms with Gasteiger partial charge in [-0.15, -0.1) is 0 Å². The van der Waals surface area contributed by atoms with E-state index in [9.17, 15) is 0 Å². The molecule has 0 N–H and O–H groups in total. The SMILES string of the molecule is CC1(C)c2c(cc3c4c2c2cc(-c5cc(-c6ccccc6)nc(-c6ccccc6)n5)ccc2n4-c2ccccc2C3(C)C)-n2c3ccccc3c3cccc1c32. The highest BCUT2D eigenvalue weighted by molar-refractivity contribution is 6.18. The lowest BCUT2D eigenvalue weighted by Crippen LogP contribution is -2.30. The molecule has 0 saturated heterocycles. The average molecular weight is 719 g/mol. The van der Waals surface area contributed by atoms with Crippen LogP contribution in [0.5, 0.6) is 0 Å². The summed E-state index contributed by atoms with van der Waals surface area (Å²) in [5.74, 6) is 0.721. The summed E-state index contributed by atoms with van der Waals surface area (Å²) < 4.78 is 5.12. The fraction of sp³-hybridized carbons (Fsp3) is 0.115. The minimum absolute atomic E-state index is 0.234. The molecule has 0 fully saturated rings. The lowest BCUT2D eigenvalue weighted by Gasteiger charge is -2.39. The molecule has 7 aromatic carbocycles. The normalized spacial score (nSPS) is 14.7. The van der Waals surface area contributed by atoms with E-state index in [0.717, 1.165) is 33.9 Å². The molecule has 56 heavy (non-hydrogen) atoms. The second-order valence-electron chi connectivity index (χ2n) is 16.6. The van der Waals surface area contributed by atoms with Crippen molar-refractivity contribution in [2.75, 3.05) is 0 Å². The predicted molar refractivity (Wildman–Crippen MR) is 231 cm³/mol. The summed E-state index contributed by atoms with van der Waals surface area (Å²) in [4.78, 5) is 10.4. The van der Waals surface area contributed by atoms with Gasteiger partial charge >= 0.3 is 0 Å². The molecule has 3 aromatic heterocycles. The van der Waals surface area contributed by atoms with Gasteiger partial charge in [0, 0.05) is 49.1 Å². The zero-order chi connectivity index (χ0) is 37.5. The predicted octanol–water partition coefficient (Wildman–Crippen LogP) is 13.0. The molecule has 0 bridgehead atoms. The second-order valence-corrected chi connectivity index (χ2v) is 16.6. The number of hydrogen-bond donors (Lipinski definition) is 0. The first kappa shape index (κ1) is 31.6. The number of para-hydroxylation sites is 3. The van der Waals surface area contributed by atoms with Gasteiger partial charge < -0.3 is 9.13 Å². The fourth-order valence-corrected chi connectivity index (χ4v) is 10.2. The Kier molecular flexibility index (Phi) is 6.15. The smallest absolute Gasteiger partial charge is 0.160 e. The van der Waals surface area contributed by atoms with Crippen LogP contribution in [0.15, 0.2) is 158 Å². The lowest BCUT2D eigenvalue weighted by molar-refractivity contribution is 0.618. The molecule has 4 heteroatoms. The van der Waals surface area contributed by atoms with Gasteiger partial charge in [-0.3, -0.25) is 0 Å². The maximum absolute atomic E-state index is 5.28. The van der Waals surface area contributed by atoms with Crippen molar-refractivity contribution in [1.82, 2.24) is 19.1 Å². The van der Waals surface area contributed by atoms with Crippen LogP contribution in [0, 0.1) is 0 Å². The molecule has 10 aromatic rings. The number of rotatable bonds is 3. The number of aromatic nitrogens is 4. The summed E-state index contributed by atoms with van der Waals surface area (Å²) in [5.41, 5.74) is 17.5. The van der Waals surface area contributed by atoms with Crippen molar-refractivity contribution in [1.29, 1.82) is 0 Å². The zero-order valence-corrected chi connectivity index (χ0v) is 31.8. The van der Waals surface area contributed by atoms with E-state index >= 15 is 0 Å². The molecule has 0 atom stereocenters. The summed E-state index contributed by atoms with van der Waals surface area (Å²) >= 11 is 0. The zero-order valence-electron chi connectivity index (χ0n) is 31.8. The number of fused-ring (bicyclic) bond motifs is 11. The Balaban J connectivity index is 1.24. The molecule has 4 nitrogen and oxygen atoms in total. The molecule has 0 saturated carbocycles. The van der Waals surface area contributed by atoms with Gasteiger partial charge in [0.25, 0.3) is 0 Å². The van der Waals surface area contributed by atoms with Crippen LogP contribution in [-0.2, 0) is 10.8 Å². The Morgan fingerprint density at radius 3 is 1.84 bits per heavy atom. The van der Waals surface area contributed by atoms with Gasteiger partial charge in [0.05, 0.1) is 44.8 Å². The van der Waals surface area contributed by atoms with Crippen molar-refractivity contribution >= 4 is 43.6 Å². The van der Waals surface area contributed by atoms with Crippen molar-refractivity contribution in [2.24, 2.45) is 0 Å². The maximum atomic E-state index is 5.28. The summed E-state index contributed by atoms with van der Waals surface area (Å²) in [6, 6.07) is 57.3. The van der Waals surface area contributed by atoms with Crippen molar-refractivity contribution in [3.63, 3.8) is 0 Å². The quantitative estimate of drug-likeness (QED) is 0.182. The van der Waals surface area contributed by atoms with Gasteiger partial charge in [0.15, 0.2) is 5.82 Å². The molecule has 0 aliphatic carbocycles. The topological polar surface area (TPSA) is 35.6 Å². The Labute approximate surface area is 325 Å². The van der Waals surface area contributed by atoms with Crippen molar-refractivity contribution in [3.05, 3.63) is 180 Å². The van der Waals surface area contributed by atoms with Gasteiger partial charge in [-0.2, -0.15) is 0 Å². The number of hydrogen-bond acceptors (Lipinski definition) is 2. The van der Waals surface area contributed by atoms with E-state index in [1.54, 1.807) is 0 Å². The summed E-state index contributed by atoms with van der Waals surface area (Å²) in [6.07, 6.45) is 0. The maximum Gasteiger partial charge on any atom is 0.160 e. The fourth-order valence-electron chi connectivity index (χ4n) is 10.2. The lowest BCUT2D eigenvalue weighted by atomic mass is 9.69. The van der Waals surface area contributed by atoms with Crippen molar-refractivity contribution in [2.45, 2.75) is 38.5 Å². The molecular weight excluding hydrogens is 681 g/mol. The second kappa shape index (κ2) is 10.9. The Morgan fingerprint density at radius 1 is 0.411 bits per heavy atom. The Morgan fingerprint density at radius 2 is 1.04 bits per heavy atom. The third-order valence-electron chi connectivity index (χ3n) is 12.9. The molecule has 12 rings (SSSR count). The van der Waals surface area contributed by atoms with Crippen molar-refractivity contribution < 1.29 is 0 Å². The van der Waals surface area contributed by atoms with E-state index in [4.69, 9.17) is 9.97 Å². The Hall–Kier alpha value is -6.78. The van der Waals surface area contributed by atoms with Crippen LogP contribution < -0.4 is 0 Å². The summed E-state index contributed by atoms with van der Waals surface area (Å²) in [6.45, 7) is 9.67. The molecule has 5 heterocycles. The van der Waals surface area contributed by atoms with Gasteiger partial charge in [0.2, 0.25) is 0 Å². The van der Waals surface area contributed by atoms with Crippen molar-refractivity contribution in [3.8, 4) is 45.3 Å². The van der Waals surface area contributed by atoms with Gasteiger partial charge in [-0.05, 0) is 58.7 Å². The summed E-state index contributed by atoms with van der Waals surface area (Å²) in [7, 11) is 0. The van der Waals surface area contributed by atoms with Crippen LogP contribution in [0.3, 0.4) is 0 Å². The summed E-state index contributed by atoms with van der Waals surface area (Å²) in [5, 5.41) is 5.17.